The molecular weight excluding hydrogens is 310 g/mol. The van der Waals surface area contributed by atoms with Crippen LogP contribution >= 0.6 is 0 Å². The van der Waals surface area contributed by atoms with Crippen LogP contribution in [0, 0.1) is 0 Å². The van der Waals surface area contributed by atoms with Gasteiger partial charge in [-0.15, -0.1) is 0 Å². The minimum atomic E-state index is -0.138. The molecule has 0 saturated carbocycles. The highest BCUT2D eigenvalue weighted by Crippen LogP contribution is 2.26. The first-order valence-corrected chi connectivity index (χ1v) is 8.95. The summed E-state index contributed by atoms with van der Waals surface area (Å²) in [7, 11) is 0. The van der Waals surface area contributed by atoms with Crippen molar-refractivity contribution in [2.45, 2.75) is 39.5 Å². The topological polar surface area (TPSA) is 38.3 Å². The van der Waals surface area contributed by atoms with Crippen LogP contribution in [0.4, 0.5) is 5.69 Å². The molecule has 0 aliphatic carbocycles. The Hall–Kier alpha value is -2.55. The summed E-state index contributed by atoms with van der Waals surface area (Å²) in [6.45, 7) is 7.05. The number of ether oxygens (including phenoxy) is 1. The van der Waals surface area contributed by atoms with Crippen LogP contribution in [0.5, 0.6) is 5.75 Å². The zero-order valence-corrected chi connectivity index (χ0v) is 15.3. The van der Waals surface area contributed by atoms with Crippen LogP contribution in [-0.4, -0.2) is 12.5 Å². The lowest BCUT2D eigenvalue weighted by Crippen LogP contribution is -2.10. The number of amides is 1. The normalized spacial score (nSPS) is 12.1. The zero-order valence-electron chi connectivity index (χ0n) is 15.3. The average molecular weight is 337 g/mol. The average Bonchev–Trinajstić information content (AvgIpc) is 2.65. The molecule has 2 aromatic rings. The van der Waals surface area contributed by atoms with Gasteiger partial charge in [0, 0.05) is 17.3 Å². The molecule has 3 heteroatoms. The van der Waals surface area contributed by atoms with Crippen molar-refractivity contribution in [1.29, 1.82) is 0 Å². The van der Waals surface area contributed by atoms with Gasteiger partial charge >= 0.3 is 0 Å². The Morgan fingerprint density at radius 3 is 2.60 bits per heavy atom. The van der Waals surface area contributed by atoms with Crippen molar-refractivity contribution in [3.8, 4) is 5.75 Å². The van der Waals surface area contributed by atoms with Crippen molar-refractivity contribution in [1.82, 2.24) is 0 Å². The van der Waals surface area contributed by atoms with Crippen LogP contribution in [0.15, 0.2) is 54.6 Å². The predicted molar refractivity (Wildman–Crippen MR) is 105 cm³/mol. The largest absolute Gasteiger partial charge is 0.493 e. The zero-order chi connectivity index (χ0) is 18.1. The summed E-state index contributed by atoms with van der Waals surface area (Å²) in [4.78, 5) is 12.3. The van der Waals surface area contributed by atoms with E-state index >= 15 is 0 Å². The number of anilines is 1. The summed E-state index contributed by atoms with van der Waals surface area (Å²) in [5.41, 5.74) is 2.95. The third-order valence-corrected chi connectivity index (χ3v) is 4.16. The Morgan fingerprint density at radius 2 is 1.84 bits per heavy atom. The minimum absolute atomic E-state index is 0.138. The highest BCUT2D eigenvalue weighted by Gasteiger charge is 2.09. The fourth-order valence-corrected chi connectivity index (χ4v) is 2.56. The molecule has 0 spiro atoms. The van der Waals surface area contributed by atoms with E-state index in [1.54, 1.807) is 12.2 Å². The van der Waals surface area contributed by atoms with Crippen LogP contribution < -0.4 is 10.1 Å². The summed E-state index contributed by atoms with van der Waals surface area (Å²) >= 11 is 0. The van der Waals surface area contributed by atoms with Crippen molar-refractivity contribution in [3.05, 3.63) is 65.7 Å². The molecule has 132 valence electrons. The van der Waals surface area contributed by atoms with Crippen molar-refractivity contribution < 1.29 is 9.53 Å². The number of carbonyl (C=O) groups excluding carboxylic acids is 1. The molecule has 0 aromatic heterocycles. The summed E-state index contributed by atoms with van der Waals surface area (Å²) in [5.74, 6) is 1.07. The quantitative estimate of drug-likeness (QED) is 0.633. The third-order valence-electron chi connectivity index (χ3n) is 4.16. The first-order valence-electron chi connectivity index (χ1n) is 8.95. The van der Waals surface area contributed by atoms with Crippen molar-refractivity contribution in [2.75, 3.05) is 11.9 Å². The second kappa shape index (κ2) is 9.67. The Bertz CT molecular complexity index is 721. The van der Waals surface area contributed by atoms with Gasteiger partial charge in [-0.25, -0.2) is 0 Å². The van der Waals surface area contributed by atoms with E-state index in [-0.39, 0.29) is 5.91 Å². The molecule has 1 N–H and O–H groups in total. The standard InChI is InChI=1S/C22H27NO2/c1-4-16-25-21-13-9-6-10-18(21)14-15-22(24)23-20-12-8-7-11-19(20)17(3)5-2/h6-15,17H,4-5,16H2,1-3H3,(H,23,24)/b15-14+. The third kappa shape index (κ3) is 5.49. The van der Waals surface area contributed by atoms with Gasteiger partial charge in [-0.3, -0.25) is 4.79 Å². The van der Waals surface area contributed by atoms with E-state index in [1.165, 1.54) is 5.56 Å². The summed E-state index contributed by atoms with van der Waals surface area (Å²) in [6, 6.07) is 15.7. The predicted octanol–water partition coefficient (Wildman–Crippen LogP) is 5.64. The summed E-state index contributed by atoms with van der Waals surface area (Å²) in [6.07, 6.45) is 5.34. The van der Waals surface area contributed by atoms with Crippen molar-refractivity contribution >= 4 is 17.7 Å². The Kier molecular flexibility index (Phi) is 7.27. The van der Waals surface area contributed by atoms with Crippen LogP contribution in [0.25, 0.3) is 6.08 Å². The number of hydrogen-bond acceptors (Lipinski definition) is 2. The van der Waals surface area contributed by atoms with Gasteiger partial charge in [0.15, 0.2) is 0 Å². The first kappa shape index (κ1) is 18.8. The Morgan fingerprint density at radius 1 is 1.12 bits per heavy atom. The lowest BCUT2D eigenvalue weighted by molar-refractivity contribution is -0.111. The lowest BCUT2D eigenvalue weighted by Gasteiger charge is -2.14. The Labute approximate surface area is 150 Å². The molecule has 0 heterocycles. The van der Waals surface area contributed by atoms with Crippen LogP contribution in [0.1, 0.15) is 50.7 Å². The van der Waals surface area contributed by atoms with Gasteiger partial charge < -0.3 is 10.1 Å². The molecule has 2 aromatic carbocycles. The molecule has 1 unspecified atom stereocenters. The number of hydrogen-bond donors (Lipinski definition) is 1. The molecule has 0 fully saturated rings. The van der Waals surface area contributed by atoms with E-state index in [1.807, 2.05) is 42.5 Å². The second-order valence-corrected chi connectivity index (χ2v) is 6.11. The number of nitrogens with one attached hydrogen (secondary N) is 1. The number of rotatable bonds is 8. The highest BCUT2D eigenvalue weighted by atomic mass is 16.5. The molecular formula is C22H27NO2. The SMILES string of the molecule is CCCOc1ccccc1/C=C/C(=O)Nc1ccccc1C(C)CC. The van der Waals surface area contributed by atoms with E-state index in [0.29, 0.717) is 12.5 Å². The van der Waals surface area contributed by atoms with Crippen molar-refractivity contribution in [2.24, 2.45) is 0 Å². The molecule has 0 bridgehead atoms. The van der Waals surface area contributed by atoms with Gasteiger partial charge in [0.05, 0.1) is 6.61 Å². The van der Waals surface area contributed by atoms with Crippen LogP contribution in [0.2, 0.25) is 0 Å². The highest BCUT2D eigenvalue weighted by molar-refractivity contribution is 6.02. The van der Waals surface area contributed by atoms with Gasteiger partial charge in [0.25, 0.3) is 0 Å². The first-order chi connectivity index (χ1) is 12.2. The van der Waals surface area contributed by atoms with E-state index in [9.17, 15) is 4.79 Å². The van der Waals surface area contributed by atoms with Gasteiger partial charge in [0.2, 0.25) is 5.91 Å². The monoisotopic (exact) mass is 337 g/mol. The van der Waals surface area contributed by atoms with E-state index in [2.05, 4.69) is 32.2 Å². The number of carbonyl (C=O) groups is 1. The smallest absolute Gasteiger partial charge is 0.248 e. The maximum Gasteiger partial charge on any atom is 0.248 e. The number of benzene rings is 2. The minimum Gasteiger partial charge on any atom is -0.493 e. The van der Waals surface area contributed by atoms with Crippen molar-refractivity contribution in [3.63, 3.8) is 0 Å². The van der Waals surface area contributed by atoms with Crippen LogP contribution in [0.3, 0.4) is 0 Å². The molecule has 1 amide bonds. The maximum absolute atomic E-state index is 12.3. The molecule has 3 nitrogen and oxygen atoms in total. The fourth-order valence-electron chi connectivity index (χ4n) is 2.56. The molecule has 1 atom stereocenters. The molecule has 0 radical (unpaired) electrons. The molecule has 0 aliphatic rings. The molecule has 0 saturated heterocycles. The summed E-state index contributed by atoms with van der Waals surface area (Å²) in [5, 5.41) is 2.99. The van der Waals surface area contributed by atoms with E-state index in [4.69, 9.17) is 4.74 Å². The molecule has 2 rings (SSSR count). The summed E-state index contributed by atoms with van der Waals surface area (Å²) < 4.78 is 5.72. The fraction of sp³-hybridized carbons (Fsp3) is 0.318. The molecule has 25 heavy (non-hydrogen) atoms. The van der Waals surface area contributed by atoms with Gasteiger partial charge in [0.1, 0.15) is 5.75 Å². The Balaban J connectivity index is 2.10. The van der Waals surface area contributed by atoms with Gasteiger partial charge in [-0.1, -0.05) is 57.2 Å². The van der Waals surface area contributed by atoms with Gasteiger partial charge in [-0.2, -0.15) is 0 Å². The van der Waals surface area contributed by atoms with Crippen LogP contribution in [-0.2, 0) is 4.79 Å². The van der Waals surface area contributed by atoms with E-state index in [0.717, 1.165) is 29.8 Å². The van der Waals surface area contributed by atoms with Gasteiger partial charge in [-0.05, 0) is 42.5 Å². The van der Waals surface area contributed by atoms with E-state index < -0.39 is 0 Å². The molecule has 0 aliphatic heterocycles. The number of para-hydroxylation sites is 2. The lowest BCUT2D eigenvalue weighted by atomic mass is 9.97. The maximum atomic E-state index is 12.3. The second-order valence-electron chi connectivity index (χ2n) is 6.11.